The first kappa shape index (κ1) is 33.2. The number of carboxylic acids is 1. The van der Waals surface area contributed by atoms with Crippen molar-refractivity contribution in [3.05, 3.63) is 101 Å². The molecule has 45 heavy (non-hydrogen) atoms. The maximum Gasteiger partial charge on any atom is 0.501 e. The zero-order valence-corrected chi connectivity index (χ0v) is 24.4. The summed E-state index contributed by atoms with van der Waals surface area (Å²) >= 11 is 0. The topological polar surface area (TPSA) is 99.0 Å². The van der Waals surface area contributed by atoms with Gasteiger partial charge < -0.3 is 15.2 Å². The van der Waals surface area contributed by atoms with Crippen molar-refractivity contribution in [3.8, 4) is 5.75 Å². The van der Waals surface area contributed by atoms with Crippen LogP contribution in [0.3, 0.4) is 0 Å². The van der Waals surface area contributed by atoms with E-state index in [1.54, 1.807) is 30.3 Å². The van der Waals surface area contributed by atoms with Crippen LogP contribution in [-0.4, -0.2) is 58.4 Å². The molecule has 0 radical (unpaired) electrons. The molecule has 13 heteroatoms. The molecule has 238 valence electrons. The van der Waals surface area contributed by atoms with Crippen LogP contribution in [0.4, 0.5) is 26.7 Å². The number of methoxy groups -OCH3 is 1. The Morgan fingerprint density at radius 3 is 2.38 bits per heavy atom. The summed E-state index contributed by atoms with van der Waals surface area (Å²) in [6, 6.07) is 13.4. The fourth-order valence-electron chi connectivity index (χ4n) is 5.32. The molecule has 1 aliphatic rings. The zero-order chi connectivity index (χ0) is 32.9. The van der Waals surface area contributed by atoms with Crippen LogP contribution in [0, 0.1) is 11.6 Å². The fourth-order valence-corrected chi connectivity index (χ4v) is 5.32. The third-order valence-corrected chi connectivity index (χ3v) is 7.61. The zero-order valence-electron chi connectivity index (χ0n) is 24.4. The second-order valence-electron chi connectivity index (χ2n) is 10.4. The number of carbonyl (C=O) groups excluding carboxylic acids is 2. The fraction of sp³-hybridized carbons (Fsp3) is 0.312. The summed E-state index contributed by atoms with van der Waals surface area (Å²) < 4.78 is 78.2. The second kappa shape index (κ2) is 14.0. The van der Waals surface area contributed by atoms with Gasteiger partial charge in [-0.25, -0.2) is 13.6 Å². The molecule has 0 bridgehead atoms. The molecule has 3 amide bonds. The molecule has 1 heterocycles. The molecular weight excluding hydrogens is 601 g/mol. The van der Waals surface area contributed by atoms with E-state index in [2.05, 4.69) is 5.32 Å². The number of benzene rings is 3. The minimum absolute atomic E-state index is 0.101. The highest BCUT2D eigenvalue weighted by Gasteiger charge is 2.50. The summed E-state index contributed by atoms with van der Waals surface area (Å²) in [5.74, 6) is -5.63. The number of aliphatic carboxylic acids is 1. The molecule has 8 nitrogen and oxygen atoms in total. The Morgan fingerprint density at radius 2 is 1.73 bits per heavy atom. The summed E-state index contributed by atoms with van der Waals surface area (Å²) in [4.78, 5) is 39.9. The van der Waals surface area contributed by atoms with Gasteiger partial charge in [-0.15, -0.1) is 0 Å². The summed E-state index contributed by atoms with van der Waals surface area (Å²) in [5, 5.41) is 12.2. The molecule has 3 aromatic rings. The standard InChI is InChI=1S/C32H30F5N3O5/c1-19-28(21-11-6-14-26(45-2)29(21)34)30(43)40(18-25(20-9-4-3-5-10-20)38-16-8-15-27(41)42)31(44)39(19)17-22-23(32(35,36)37)12-7-13-24(22)33/h3-7,9-14,25,28,38H,8,15-18H2,1-2H3/p+1/t25-,28?/m0/s1. The van der Waals surface area contributed by atoms with Crippen molar-refractivity contribution in [1.82, 2.24) is 10.2 Å². The maximum absolute atomic E-state index is 15.6. The first-order valence-electron chi connectivity index (χ1n) is 14.0. The maximum atomic E-state index is 15.6. The van der Waals surface area contributed by atoms with Gasteiger partial charge in [-0.2, -0.15) is 27.4 Å². The van der Waals surface area contributed by atoms with E-state index in [0.717, 1.165) is 21.6 Å². The molecule has 2 atom stereocenters. The van der Waals surface area contributed by atoms with Crippen molar-refractivity contribution in [2.75, 3.05) is 20.2 Å². The van der Waals surface area contributed by atoms with Crippen LogP contribution in [0.1, 0.15) is 54.0 Å². The summed E-state index contributed by atoms with van der Waals surface area (Å²) in [6.45, 7) is 0.267. The quantitative estimate of drug-likeness (QED) is 0.147. The molecule has 1 aliphatic heterocycles. The van der Waals surface area contributed by atoms with Gasteiger partial charge in [0.15, 0.2) is 11.6 Å². The van der Waals surface area contributed by atoms with Crippen LogP contribution in [-0.2, 0) is 22.3 Å². The number of nitrogens with zero attached hydrogens (tertiary/aromatic N) is 2. The lowest BCUT2D eigenvalue weighted by Crippen LogP contribution is -2.55. The Balaban J connectivity index is 1.83. The van der Waals surface area contributed by atoms with Gasteiger partial charge in [-0.05, 0) is 43.7 Å². The normalized spacial score (nSPS) is 16.2. The molecule has 1 unspecified atom stereocenters. The Hall–Kier alpha value is -4.65. The highest BCUT2D eigenvalue weighted by Crippen LogP contribution is 2.36. The Labute approximate surface area is 255 Å². The Kier molecular flexibility index (Phi) is 10.3. The number of imide groups is 1. The number of carbonyl (C=O) groups is 3. The van der Waals surface area contributed by atoms with Crippen molar-refractivity contribution >= 4 is 23.6 Å². The molecule has 3 aromatic carbocycles. The van der Waals surface area contributed by atoms with E-state index in [1.807, 2.05) is 0 Å². The van der Waals surface area contributed by atoms with Crippen molar-refractivity contribution in [1.29, 1.82) is 0 Å². The van der Waals surface area contributed by atoms with Gasteiger partial charge >= 0.3 is 24.1 Å². The molecule has 0 spiro atoms. The predicted octanol–water partition coefficient (Wildman–Crippen LogP) is 5.91. The number of rotatable bonds is 12. The van der Waals surface area contributed by atoms with Gasteiger partial charge in [0.1, 0.15) is 30.5 Å². The molecule has 0 saturated heterocycles. The van der Waals surface area contributed by atoms with Crippen molar-refractivity contribution in [2.45, 2.75) is 44.4 Å². The number of ether oxygens (including phenoxy) is 1. The van der Waals surface area contributed by atoms with Gasteiger partial charge in [-0.3, -0.25) is 4.79 Å². The molecule has 0 fully saturated rings. The van der Waals surface area contributed by atoms with E-state index in [9.17, 15) is 31.9 Å². The molecular formula is C32H31F5N3O5+. The third-order valence-electron chi connectivity index (χ3n) is 7.61. The lowest BCUT2D eigenvalue weighted by Gasteiger charge is -2.30. The monoisotopic (exact) mass is 632 g/mol. The largest absolute Gasteiger partial charge is 0.501 e. The van der Waals surface area contributed by atoms with E-state index >= 15 is 4.39 Å². The number of hydrogen-bond donors (Lipinski definition) is 2. The van der Waals surface area contributed by atoms with Crippen LogP contribution in [0.15, 0.2) is 66.7 Å². The number of carboxylic acid groups (broad SMARTS) is 1. The van der Waals surface area contributed by atoms with E-state index in [4.69, 9.17) is 9.84 Å². The summed E-state index contributed by atoms with van der Waals surface area (Å²) in [6.07, 6.45) is -4.86. The SMILES string of the molecule is COc1cccc(C2C(=O)N(C[C@H](NCCCC(=O)O)c3ccccc3)C(=O)[N+](Cc3c(F)cccc3C(F)(F)F)=C2C)c1F. The summed E-state index contributed by atoms with van der Waals surface area (Å²) in [5.41, 5.74) is -1.77. The Bertz CT molecular complexity index is 1610. The van der Waals surface area contributed by atoms with Gasteiger partial charge in [0, 0.05) is 17.5 Å². The number of alkyl halides is 3. The minimum Gasteiger partial charge on any atom is -0.494 e. The molecule has 2 N–H and O–H groups in total. The highest BCUT2D eigenvalue weighted by molar-refractivity contribution is 6.14. The number of urea groups is 1. The molecule has 0 aliphatic carbocycles. The van der Waals surface area contributed by atoms with Gasteiger partial charge in [0.2, 0.25) is 0 Å². The van der Waals surface area contributed by atoms with Crippen molar-refractivity contribution < 1.29 is 50.8 Å². The number of hydrogen-bond acceptors (Lipinski definition) is 5. The smallest absolute Gasteiger partial charge is 0.494 e. The third kappa shape index (κ3) is 7.36. The average Bonchev–Trinajstić information content (AvgIpc) is 2.99. The van der Waals surface area contributed by atoms with Crippen LogP contribution >= 0.6 is 0 Å². The number of halogens is 5. The lowest BCUT2D eigenvalue weighted by molar-refractivity contribution is -0.458. The van der Waals surface area contributed by atoms with Gasteiger partial charge in [0.25, 0.3) is 0 Å². The van der Waals surface area contributed by atoms with Crippen LogP contribution in [0.2, 0.25) is 0 Å². The lowest BCUT2D eigenvalue weighted by atomic mass is 9.90. The number of amides is 3. The van der Waals surface area contributed by atoms with E-state index in [-0.39, 0.29) is 43.0 Å². The van der Waals surface area contributed by atoms with Crippen LogP contribution in [0.5, 0.6) is 5.75 Å². The first-order valence-corrected chi connectivity index (χ1v) is 14.0. The van der Waals surface area contributed by atoms with Crippen molar-refractivity contribution in [2.24, 2.45) is 0 Å². The Morgan fingerprint density at radius 1 is 1.04 bits per heavy atom. The average molecular weight is 633 g/mol. The van der Waals surface area contributed by atoms with Crippen LogP contribution in [0.25, 0.3) is 0 Å². The molecule has 0 saturated carbocycles. The van der Waals surface area contributed by atoms with E-state index in [1.165, 1.54) is 32.2 Å². The second-order valence-corrected chi connectivity index (χ2v) is 10.4. The predicted molar refractivity (Wildman–Crippen MR) is 153 cm³/mol. The first-order chi connectivity index (χ1) is 21.3. The van der Waals surface area contributed by atoms with E-state index < -0.39 is 65.3 Å². The molecule has 0 aromatic heterocycles. The molecule has 4 rings (SSSR count). The van der Waals surface area contributed by atoms with Crippen LogP contribution < -0.4 is 10.1 Å². The van der Waals surface area contributed by atoms with Crippen molar-refractivity contribution in [3.63, 3.8) is 0 Å². The van der Waals surface area contributed by atoms with E-state index in [0.29, 0.717) is 11.6 Å². The van der Waals surface area contributed by atoms with Gasteiger partial charge in [0.05, 0.1) is 18.7 Å². The highest BCUT2D eigenvalue weighted by atomic mass is 19.4. The van der Waals surface area contributed by atoms with Gasteiger partial charge in [-0.1, -0.05) is 48.5 Å². The number of nitrogens with one attached hydrogen (secondary N) is 1. The minimum atomic E-state index is -4.95. The summed E-state index contributed by atoms with van der Waals surface area (Å²) in [7, 11) is 1.22.